The first kappa shape index (κ1) is 20.9. The standard InChI is InChI=1S/C17H17F3N4O4/c1-9(2)23-13(25)8-21-15(26)10-3-5-11(6-4-10)24-14(17(18,19)20)12(7-22-24)16(27)28/h3-7,9H,8H2,1-2H3,(H,21,26)(H,23,25)(H,27,28). The molecule has 0 saturated heterocycles. The highest BCUT2D eigenvalue weighted by Crippen LogP contribution is 2.33. The molecule has 0 unspecified atom stereocenters. The number of amides is 2. The van der Waals surface area contributed by atoms with E-state index in [1.807, 2.05) is 0 Å². The Morgan fingerprint density at radius 1 is 1.18 bits per heavy atom. The molecule has 8 nitrogen and oxygen atoms in total. The van der Waals surface area contributed by atoms with Crippen molar-refractivity contribution in [2.75, 3.05) is 6.54 Å². The summed E-state index contributed by atoms with van der Waals surface area (Å²) in [5.74, 6) is -2.73. The van der Waals surface area contributed by atoms with Gasteiger partial charge in [-0.15, -0.1) is 0 Å². The van der Waals surface area contributed by atoms with Gasteiger partial charge in [0.05, 0.1) is 18.4 Å². The Hall–Kier alpha value is -3.37. The summed E-state index contributed by atoms with van der Waals surface area (Å²) in [6, 6.07) is 4.78. The Bertz CT molecular complexity index is 889. The monoisotopic (exact) mass is 398 g/mol. The van der Waals surface area contributed by atoms with Gasteiger partial charge in [0, 0.05) is 11.6 Å². The maximum absolute atomic E-state index is 13.2. The molecule has 2 amide bonds. The number of aromatic carboxylic acids is 1. The van der Waals surface area contributed by atoms with Crippen LogP contribution in [0.4, 0.5) is 13.2 Å². The Morgan fingerprint density at radius 3 is 2.29 bits per heavy atom. The molecular formula is C17H17F3N4O4. The first-order valence-electron chi connectivity index (χ1n) is 8.07. The predicted molar refractivity (Wildman–Crippen MR) is 91.1 cm³/mol. The first-order valence-corrected chi connectivity index (χ1v) is 8.07. The summed E-state index contributed by atoms with van der Waals surface area (Å²) in [4.78, 5) is 34.6. The van der Waals surface area contributed by atoms with Gasteiger partial charge in [0.1, 0.15) is 5.56 Å². The maximum Gasteiger partial charge on any atom is 0.434 e. The highest BCUT2D eigenvalue weighted by atomic mass is 19.4. The van der Waals surface area contributed by atoms with Gasteiger partial charge in [-0.25, -0.2) is 9.48 Å². The number of carbonyl (C=O) groups is 3. The number of nitrogens with one attached hydrogen (secondary N) is 2. The Kier molecular flexibility index (Phi) is 6.06. The number of aromatic nitrogens is 2. The topological polar surface area (TPSA) is 113 Å². The number of hydrogen-bond acceptors (Lipinski definition) is 4. The van der Waals surface area contributed by atoms with E-state index < -0.39 is 29.3 Å². The summed E-state index contributed by atoms with van der Waals surface area (Å²) in [5.41, 5.74) is -2.37. The Labute approximate surface area is 157 Å². The molecule has 11 heteroatoms. The zero-order valence-electron chi connectivity index (χ0n) is 14.9. The van der Waals surface area contributed by atoms with Crippen LogP contribution in [0.5, 0.6) is 0 Å². The van der Waals surface area contributed by atoms with Gasteiger partial charge in [0.2, 0.25) is 5.91 Å². The van der Waals surface area contributed by atoms with E-state index >= 15 is 0 Å². The number of alkyl halides is 3. The summed E-state index contributed by atoms with van der Waals surface area (Å²) >= 11 is 0. The molecule has 1 aromatic carbocycles. The highest BCUT2D eigenvalue weighted by Gasteiger charge is 2.40. The van der Waals surface area contributed by atoms with Crippen molar-refractivity contribution >= 4 is 17.8 Å². The lowest BCUT2D eigenvalue weighted by molar-refractivity contribution is -0.143. The molecule has 2 aromatic rings. The van der Waals surface area contributed by atoms with Crippen LogP contribution in [0.25, 0.3) is 5.69 Å². The third-order valence-corrected chi connectivity index (χ3v) is 3.50. The van der Waals surface area contributed by atoms with Gasteiger partial charge in [-0.05, 0) is 38.1 Å². The van der Waals surface area contributed by atoms with E-state index in [2.05, 4.69) is 15.7 Å². The van der Waals surface area contributed by atoms with E-state index in [0.29, 0.717) is 10.9 Å². The molecule has 0 fully saturated rings. The molecule has 0 saturated carbocycles. The number of carboxylic acid groups (broad SMARTS) is 1. The summed E-state index contributed by atoms with van der Waals surface area (Å²) < 4.78 is 40.2. The number of nitrogens with zero attached hydrogens (tertiary/aromatic N) is 2. The lowest BCUT2D eigenvalue weighted by Crippen LogP contribution is -2.39. The zero-order chi connectivity index (χ0) is 21.1. The predicted octanol–water partition coefficient (Wildman–Crippen LogP) is 1.84. The normalized spacial score (nSPS) is 11.4. The second kappa shape index (κ2) is 8.11. The number of carbonyl (C=O) groups excluding carboxylic acids is 2. The first-order chi connectivity index (χ1) is 13.0. The molecule has 0 atom stereocenters. The molecule has 1 aromatic heterocycles. The van der Waals surface area contributed by atoms with Gasteiger partial charge in [0.25, 0.3) is 5.91 Å². The molecule has 0 aliphatic rings. The molecule has 0 radical (unpaired) electrons. The molecule has 0 aliphatic heterocycles. The quantitative estimate of drug-likeness (QED) is 0.687. The fraction of sp³-hybridized carbons (Fsp3) is 0.294. The van der Waals surface area contributed by atoms with Gasteiger partial charge in [-0.2, -0.15) is 18.3 Å². The largest absolute Gasteiger partial charge is 0.478 e. The van der Waals surface area contributed by atoms with Crippen LogP contribution in [0.1, 0.15) is 40.3 Å². The van der Waals surface area contributed by atoms with Crippen molar-refractivity contribution in [2.45, 2.75) is 26.1 Å². The van der Waals surface area contributed by atoms with Crippen LogP contribution >= 0.6 is 0 Å². The molecule has 1 heterocycles. The van der Waals surface area contributed by atoms with Crippen LogP contribution in [0.3, 0.4) is 0 Å². The van der Waals surface area contributed by atoms with Crippen molar-refractivity contribution in [3.8, 4) is 5.69 Å². The molecule has 2 rings (SSSR count). The lowest BCUT2D eigenvalue weighted by atomic mass is 10.2. The van der Waals surface area contributed by atoms with Crippen LogP contribution in [-0.4, -0.2) is 45.3 Å². The van der Waals surface area contributed by atoms with Crippen molar-refractivity contribution in [3.05, 3.63) is 47.3 Å². The third-order valence-electron chi connectivity index (χ3n) is 3.50. The summed E-state index contributed by atoms with van der Waals surface area (Å²) in [7, 11) is 0. The maximum atomic E-state index is 13.2. The fourth-order valence-corrected chi connectivity index (χ4v) is 2.36. The SMILES string of the molecule is CC(C)NC(=O)CNC(=O)c1ccc(-n2ncc(C(=O)O)c2C(F)(F)F)cc1. The minimum atomic E-state index is -4.94. The average molecular weight is 398 g/mol. The minimum Gasteiger partial charge on any atom is -0.478 e. The van der Waals surface area contributed by atoms with E-state index in [-0.39, 0.29) is 29.7 Å². The van der Waals surface area contributed by atoms with Crippen LogP contribution in [0.15, 0.2) is 30.5 Å². The number of benzene rings is 1. The number of halogens is 3. The van der Waals surface area contributed by atoms with Crippen LogP contribution in [0.2, 0.25) is 0 Å². The van der Waals surface area contributed by atoms with E-state index in [1.54, 1.807) is 13.8 Å². The second-order valence-corrected chi connectivity index (χ2v) is 6.07. The average Bonchev–Trinajstić information content (AvgIpc) is 3.05. The molecular weight excluding hydrogens is 381 g/mol. The molecule has 0 spiro atoms. The van der Waals surface area contributed by atoms with E-state index in [1.165, 1.54) is 24.3 Å². The van der Waals surface area contributed by atoms with E-state index in [0.717, 1.165) is 0 Å². The Balaban J connectivity index is 2.20. The highest BCUT2D eigenvalue weighted by molar-refractivity contribution is 5.96. The summed E-state index contributed by atoms with van der Waals surface area (Å²) in [5, 5.41) is 17.4. The lowest BCUT2D eigenvalue weighted by Gasteiger charge is -2.12. The van der Waals surface area contributed by atoms with Gasteiger partial charge in [0.15, 0.2) is 5.69 Å². The molecule has 0 bridgehead atoms. The molecule has 0 aliphatic carbocycles. The van der Waals surface area contributed by atoms with Gasteiger partial charge >= 0.3 is 12.1 Å². The van der Waals surface area contributed by atoms with Crippen molar-refractivity contribution in [1.29, 1.82) is 0 Å². The smallest absolute Gasteiger partial charge is 0.434 e. The van der Waals surface area contributed by atoms with Crippen LogP contribution in [-0.2, 0) is 11.0 Å². The van der Waals surface area contributed by atoms with Crippen molar-refractivity contribution in [1.82, 2.24) is 20.4 Å². The number of hydrogen-bond donors (Lipinski definition) is 3. The van der Waals surface area contributed by atoms with Gasteiger partial charge in [-0.3, -0.25) is 9.59 Å². The van der Waals surface area contributed by atoms with Gasteiger partial charge in [-0.1, -0.05) is 0 Å². The number of rotatable bonds is 6. The second-order valence-electron chi connectivity index (χ2n) is 6.07. The van der Waals surface area contributed by atoms with E-state index in [4.69, 9.17) is 5.11 Å². The van der Waals surface area contributed by atoms with Crippen LogP contribution < -0.4 is 10.6 Å². The van der Waals surface area contributed by atoms with Crippen molar-refractivity contribution in [3.63, 3.8) is 0 Å². The molecule has 28 heavy (non-hydrogen) atoms. The molecule has 3 N–H and O–H groups in total. The van der Waals surface area contributed by atoms with Crippen molar-refractivity contribution in [2.24, 2.45) is 0 Å². The van der Waals surface area contributed by atoms with Gasteiger partial charge < -0.3 is 15.7 Å². The molecule has 150 valence electrons. The minimum absolute atomic E-state index is 0.0751. The number of carboxylic acids is 1. The van der Waals surface area contributed by atoms with E-state index in [9.17, 15) is 27.6 Å². The summed E-state index contributed by atoms with van der Waals surface area (Å²) in [6.07, 6.45) is -4.33. The summed E-state index contributed by atoms with van der Waals surface area (Å²) in [6.45, 7) is 3.27. The zero-order valence-corrected chi connectivity index (χ0v) is 14.9. The third kappa shape index (κ3) is 4.87. The van der Waals surface area contributed by atoms with Crippen molar-refractivity contribution < 1.29 is 32.7 Å². The Morgan fingerprint density at radius 2 is 1.79 bits per heavy atom. The fourth-order valence-electron chi connectivity index (χ4n) is 2.36. The van der Waals surface area contributed by atoms with Crippen LogP contribution in [0, 0.1) is 0 Å².